The summed E-state index contributed by atoms with van der Waals surface area (Å²) in [5.41, 5.74) is 4.36. The molecule has 2 aromatic heterocycles. The summed E-state index contributed by atoms with van der Waals surface area (Å²) in [5.74, 6) is 0.163. The highest BCUT2D eigenvalue weighted by atomic mass is 19.1. The summed E-state index contributed by atoms with van der Waals surface area (Å²) in [7, 11) is 0. The van der Waals surface area contributed by atoms with Crippen molar-refractivity contribution < 1.29 is 9.18 Å². The van der Waals surface area contributed by atoms with Gasteiger partial charge in [-0.15, -0.1) is 0 Å². The predicted molar refractivity (Wildman–Crippen MR) is 119 cm³/mol. The first-order valence-electron chi connectivity index (χ1n) is 10.7. The van der Waals surface area contributed by atoms with Crippen LogP contribution in [0.15, 0.2) is 79.3 Å². The monoisotopic (exact) mass is 413 g/mol. The lowest BCUT2D eigenvalue weighted by atomic mass is 9.88. The fourth-order valence-corrected chi connectivity index (χ4v) is 4.58. The summed E-state index contributed by atoms with van der Waals surface area (Å²) in [6.45, 7) is 1.98. The van der Waals surface area contributed by atoms with Crippen LogP contribution >= 0.6 is 0 Å². The second-order valence-corrected chi connectivity index (χ2v) is 8.22. The lowest BCUT2D eigenvalue weighted by Gasteiger charge is -2.31. The highest BCUT2D eigenvalue weighted by molar-refractivity contribution is 5.86. The van der Waals surface area contributed by atoms with Crippen molar-refractivity contribution in [2.45, 2.75) is 31.8 Å². The number of halogens is 1. The standard InChI is InChI=1S/C26H24FN3O/c27-22-5-3-4-20(14-22)17-30-18-24(23-6-1-2-7-25(23)30)21-10-13-29(26(31)15-21)16-19-8-11-28-12-9-19/h1-9,11-12,14,18,21H,10,13,15-17H2. The summed E-state index contributed by atoms with van der Waals surface area (Å²) < 4.78 is 15.8. The van der Waals surface area contributed by atoms with Crippen molar-refractivity contribution in [3.63, 3.8) is 0 Å². The number of rotatable bonds is 5. The fourth-order valence-electron chi connectivity index (χ4n) is 4.58. The molecule has 1 atom stereocenters. The lowest BCUT2D eigenvalue weighted by molar-refractivity contribution is -0.134. The average Bonchev–Trinajstić information content (AvgIpc) is 3.14. The van der Waals surface area contributed by atoms with Crippen molar-refractivity contribution in [1.29, 1.82) is 0 Å². The second-order valence-electron chi connectivity index (χ2n) is 8.22. The van der Waals surface area contributed by atoms with Gasteiger partial charge >= 0.3 is 0 Å². The molecule has 0 spiro atoms. The van der Waals surface area contributed by atoms with Gasteiger partial charge in [-0.1, -0.05) is 30.3 Å². The van der Waals surface area contributed by atoms with E-state index in [0.29, 0.717) is 19.5 Å². The number of hydrogen-bond donors (Lipinski definition) is 0. The minimum Gasteiger partial charge on any atom is -0.343 e. The van der Waals surface area contributed by atoms with Crippen LogP contribution in [0, 0.1) is 5.82 Å². The molecule has 1 aliphatic rings. The Morgan fingerprint density at radius 1 is 0.968 bits per heavy atom. The Labute approximate surface area is 181 Å². The maximum Gasteiger partial charge on any atom is 0.223 e. The SMILES string of the molecule is O=C1CC(c2cn(Cc3cccc(F)c3)c3ccccc23)CCN1Cc1ccncc1. The minimum absolute atomic E-state index is 0.190. The van der Waals surface area contributed by atoms with E-state index in [0.717, 1.165) is 29.6 Å². The molecule has 5 heteroatoms. The molecule has 1 saturated heterocycles. The van der Waals surface area contributed by atoms with Crippen LogP contribution in [-0.4, -0.2) is 26.9 Å². The van der Waals surface area contributed by atoms with Crippen LogP contribution in [0.3, 0.4) is 0 Å². The molecule has 1 amide bonds. The van der Waals surface area contributed by atoms with Crippen molar-refractivity contribution in [3.05, 3.63) is 102 Å². The van der Waals surface area contributed by atoms with Crippen molar-refractivity contribution in [2.75, 3.05) is 6.54 Å². The molecule has 156 valence electrons. The van der Waals surface area contributed by atoms with Gasteiger partial charge in [0.1, 0.15) is 5.82 Å². The summed E-state index contributed by atoms with van der Waals surface area (Å²) in [5, 5.41) is 1.18. The van der Waals surface area contributed by atoms with Gasteiger partial charge in [0.05, 0.1) is 0 Å². The first-order valence-corrected chi connectivity index (χ1v) is 10.7. The highest BCUT2D eigenvalue weighted by Gasteiger charge is 2.29. The first-order chi connectivity index (χ1) is 15.2. The number of piperidine rings is 1. The number of benzene rings is 2. The van der Waals surface area contributed by atoms with E-state index in [4.69, 9.17) is 0 Å². The molecule has 1 aliphatic heterocycles. The van der Waals surface area contributed by atoms with E-state index in [9.17, 15) is 9.18 Å². The maximum atomic E-state index is 13.7. The molecule has 4 aromatic rings. The molecule has 0 N–H and O–H groups in total. The van der Waals surface area contributed by atoms with Gasteiger partial charge in [-0.3, -0.25) is 9.78 Å². The summed E-state index contributed by atoms with van der Waals surface area (Å²) in [6.07, 6.45) is 7.13. The number of nitrogens with zero attached hydrogens (tertiary/aromatic N) is 3. The number of carbonyl (C=O) groups is 1. The number of pyridine rings is 1. The molecule has 31 heavy (non-hydrogen) atoms. The van der Waals surface area contributed by atoms with Crippen LogP contribution < -0.4 is 0 Å². The van der Waals surface area contributed by atoms with E-state index in [1.54, 1.807) is 24.5 Å². The number of aromatic nitrogens is 2. The van der Waals surface area contributed by atoms with Crippen LogP contribution in [0.2, 0.25) is 0 Å². The lowest BCUT2D eigenvalue weighted by Crippen LogP contribution is -2.37. The quantitative estimate of drug-likeness (QED) is 0.455. The van der Waals surface area contributed by atoms with Gasteiger partial charge in [0.2, 0.25) is 5.91 Å². The van der Waals surface area contributed by atoms with Gasteiger partial charge < -0.3 is 9.47 Å². The normalized spacial score (nSPS) is 16.7. The zero-order chi connectivity index (χ0) is 21.2. The van der Waals surface area contributed by atoms with Crippen LogP contribution in [-0.2, 0) is 17.9 Å². The minimum atomic E-state index is -0.221. The van der Waals surface area contributed by atoms with Crippen molar-refractivity contribution in [3.8, 4) is 0 Å². The molecular weight excluding hydrogens is 389 g/mol. The molecule has 3 heterocycles. The summed E-state index contributed by atoms with van der Waals surface area (Å²) >= 11 is 0. The molecule has 1 unspecified atom stereocenters. The van der Waals surface area contributed by atoms with Gasteiger partial charge in [-0.25, -0.2) is 4.39 Å². The summed E-state index contributed by atoms with van der Waals surface area (Å²) in [4.78, 5) is 18.9. The van der Waals surface area contributed by atoms with E-state index < -0.39 is 0 Å². The Bertz CT molecular complexity index is 1220. The maximum absolute atomic E-state index is 13.7. The number of hydrogen-bond acceptors (Lipinski definition) is 2. The summed E-state index contributed by atoms with van der Waals surface area (Å²) in [6, 6.07) is 18.9. The topological polar surface area (TPSA) is 38.1 Å². The largest absolute Gasteiger partial charge is 0.343 e. The van der Waals surface area contributed by atoms with Crippen LogP contribution in [0.4, 0.5) is 4.39 Å². The Hall–Kier alpha value is -3.47. The zero-order valence-corrected chi connectivity index (χ0v) is 17.2. The second kappa shape index (κ2) is 8.34. The third kappa shape index (κ3) is 4.08. The third-order valence-electron chi connectivity index (χ3n) is 6.15. The van der Waals surface area contributed by atoms with E-state index in [-0.39, 0.29) is 17.6 Å². The third-order valence-corrected chi connectivity index (χ3v) is 6.15. The van der Waals surface area contributed by atoms with Gasteiger partial charge in [0.25, 0.3) is 0 Å². The van der Waals surface area contributed by atoms with Gasteiger partial charge in [-0.2, -0.15) is 0 Å². The molecular formula is C26H24FN3O. The first kappa shape index (κ1) is 19.5. The fraction of sp³-hybridized carbons (Fsp3) is 0.231. The molecule has 4 nitrogen and oxygen atoms in total. The molecule has 1 fully saturated rings. The number of carbonyl (C=O) groups excluding carboxylic acids is 1. The Kier molecular flexibility index (Phi) is 5.24. The van der Waals surface area contributed by atoms with E-state index in [2.05, 4.69) is 27.9 Å². The number of amides is 1. The van der Waals surface area contributed by atoms with Crippen LogP contribution in [0.25, 0.3) is 10.9 Å². The molecule has 0 radical (unpaired) electrons. The zero-order valence-electron chi connectivity index (χ0n) is 17.2. The van der Waals surface area contributed by atoms with E-state index >= 15 is 0 Å². The number of para-hydroxylation sites is 1. The molecule has 0 saturated carbocycles. The van der Waals surface area contributed by atoms with Crippen LogP contribution in [0.5, 0.6) is 0 Å². The number of likely N-dealkylation sites (tertiary alicyclic amines) is 1. The Balaban J connectivity index is 1.39. The predicted octanol–water partition coefficient (Wildman–Crippen LogP) is 5.13. The van der Waals surface area contributed by atoms with Gasteiger partial charge in [0, 0.05) is 55.5 Å². The molecule has 0 bridgehead atoms. The van der Waals surface area contributed by atoms with Gasteiger partial charge in [0.15, 0.2) is 0 Å². The Morgan fingerprint density at radius 2 is 1.81 bits per heavy atom. The van der Waals surface area contributed by atoms with Crippen molar-refractivity contribution >= 4 is 16.8 Å². The van der Waals surface area contributed by atoms with E-state index in [1.807, 2.05) is 35.2 Å². The molecule has 5 rings (SSSR count). The smallest absolute Gasteiger partial charge is 0.223 e. The highest BCUT2D eigenvalue weighted by Crippen LogP contribution is 2.35. The van der Waals surface area contributed by atoms with Crippen LogP contribution in [0.1, 0.15) is 35.4 Å². The molecule has 0 aliphatic carbocycles. The van der Waals surface area contributed by atoms with Crippen molar-refractivity contribution in [2.24, 2.45) is 0 Å². The Morgan fingerprint density at radius 3 is 2.61 bits per heavy atom. The van der Waals surface area contributed by atoms with E-state index in [1.165, 1.54) is 17.0 Å². The average molecular weight is 413 g/mol. The van der Waals surface area contributed by atoms with Gasteiger partial charge in [-0.05, 0) is 59.4 Å². The molecule has 2 aromatic carbocycles. The number of fused-ring (bicyclic) bond motifs is 1. The van der Waals surface area contributed by atoms with Crippen molar-refractivity contribution in [1.82, 2.24) is 14.5 Å².